The summed E-state index contributed by atoms with van der Waals surface area (Å²) in [5.74, 6) is -0.673. The van der Waals surface area contributed by atoms with Crippen molar-refractivity contribution in [2.75, 3.05) is 6.61 Å². The number of benzene rings is 1. The zero-order valence-electron chi connectivity index (χ0n) is 16.4. The number of ether oxygens (including phenoxy) is 1. The zero-order chi connectivity index (χ0) is 21.8. The van der Waals surface area contributed by atoms with Gasteiger partial charge in [0.05, 0.1) is 30.5 Å². The molecule has 1 aliphatic heterocycles. The largest absolute Gasteiger partial charge is 0.508 e. The standard InChI is InChI=1S/C22H24O8/c1-2-4-12(24)5-3-6-14-9-16(26)20-17(27)10-18(28)21(22(20)30-14)19-8-13(25)7-15(11-23)29-19/h2-6,9-10,13,15,19,23-25,27-28H,7-8,11H2,1H3/b4-2-,6-3+,12-5+. The highest BCUT2D eigenvalue weighted by Crippen LogP contribution is 2.42. The van der Waals surface area contributed by atoms with Crippen LogP contribution in [0.25, 0.3) is 17.0 Å². The van der Waals surface area contributed by atoms with Crippen LogP contribution in [0.15, 0.2) is 51.4 Å². The molecule has 3 atom stereocenters. The second-order valence-electron chi connectivity index (χ2n) is 7.05. The highest BCUT2D eigenvalue weighted by atomic mass is 16.5. The molecule has 0 bridgehead atoms. The van der Waals surface area contributed by atoms with Crippen molar-refractivity contribution in [3.8, 4) is 11.5 Å². The van der Waals surface area contributed by atoms with Crippen LogP contribution in [0.2, 0.25) is 0 Å². The summed E-state index contributed by atoms with van der Waals surface area (Å²) in [5.41, 5.74) is -0.497. The lowest BCUT2D eigenvalue weighted by molar-refractivity contribution is -0.114. The number of hydrogen-bond acceptors (Lipinski definition) is 8. The lowest BCUT2D eigenvalue weighted by Gasteiger charge is -2.33. The molecule has 8 nitrogen and oxygen atoms in total. The van der Waals surface area contributed by atoms with Gasteiger partial charge in [0.25, 0.3) is 0 Å². The molecule has 2 heterocycles. The number of hydrogen-bond donors (Lipinski definition) is 5. The Balaban J connectivity index is 2.13. The molecule has 0 spiro atoms. The van der Waals surface area contributed by atoms with Gasteiger partial charge in [0, 0.05) is 25.0 Å². The van der Waals surface area contributed by atoms with Crippen LogP contribution in [0, 0.1) is 0 Å². The van der Waals surface area contributed by atoms with Gasteiger partial charge < -0.3 is 34.7 Å². The Labute approximate surface area is 172 Å². The fourth-order valence-corrected chi connectivity index (χ4v) is 3.49. The van der Waals surface area contributed by atoms with Crippen molar-refractivity contribution in [2.45, 2.75) is 38.1 Å². The predicted molar refractivity (Wildman–Crippen MR) is 110 cm³/mol. The fourth-order valence-electron chi connectivity index (χ4n) is 3.49. The zero-order valence-corrected chi connectivity index (χ0v) is 16.4. The molecule has 1 aromatic carbocycles. The molecule has 30 heavy (non-hydrogen) atoms. The molecule has 160 valence electrons. The molecule has 1 aliphatic rings. The minimum Gasteiger partial charge on any atom is -0.508 e. The average molecular weight is 416 g/mol. The van der Waals surface area contributed by atoms with Gasteiger partial charge in [-0.3, -0.25) is 4.79 Å². The number of rotatable bonds is 5. The normalized spacial score (nSPS) is 23.0. The Kier molecular flexibility index (Phi) is 6.61. The monoisotopic (exact) mass is 416 g/mol. The van der Waals surface area contributed by atoms with Gasteiger partial charge in [-0.15, -0.1) is 0 Å². The van der Waals surface area contributed by atoms with E-state index < -0.39 is 29.5 Å². The van der Waals surface area contributed by atoms with E-state index >= 15 is 0 Å². The van der Waals surface area contributed by atoms with Crippen LogP contribution in [0.5, 0.6) is 11.5 Å². The van der Waals surface area contributed by atoms with Crippen LogP contribution in [-0.4, -0.2) is 44.3 Å². The first kappa shape index (κ1) is 21.6. The maximum Gasteiger partial charge on any atom is 0.197 e. The first-order chi connectivity index (χ1) is 14.3. The SMILES string of the molecule is C\C=C/C(O)=C\C=C\c1cc(=O)c2c(O)cc(O)c(C3CC(O)CC(CO)O3)c2o1. The van der Waals surface area contributed by atoms with E-state index in [0.717, 1.165) is 6.07 Å². The van der Waals surface area contributed by atoms with Crippen molar-refractivity contribution in [3.63, 3.8) is 0 Å². The number of aliphatic hydroxyl groups is 3. The van der Waals surface area contributed by atoms with E-state index in [0.29, 0.717) is 0 Å². The van der Waals surface area contributed by atoms with Crippen LogP contribution >= 0.6 is 0 Å². The first-order valence-corrected chi connectivity index (χ1v) is 9.51. The minimum atomic E-state index is -0.852. The van der Waals surface area contributed by atoms with Gasteiger partial charge in [0.2, 0.25) is 0 Å². The number of phenols is 2. The third-order valence-corrected chi connectivity index (χ3v) is 4.79. The number of aliphatic hydroxyl groups excluding tert-OH is 3. The van der Waals surface area contributed by atoms with E-state index in [2.05, 4.69) is 0 Å². The quantitative estimate of drug-likeness (QED) is 0.370. The molecule has 1 aromatic heterocycles. The van der Waals surface area contributed by atoms with Crippen molar-refractivity contribution < 1.29 is 34.7 Å². The van der Waals surface area contributed by atoms with E-state index in [-0.39, 0.29) is 53.3 Å². The second kappa shape index (κ2) is 9.17. The van der Waals surface area contributed by atoms with Crippen LogP contribution in [-0.2, 0) is 4.74 Å². The summed E-state index contributed by atoms with van der Waals surface area (Å²) in [6.07, 6.45) is 5.55. The second-order valence-corrected chi connectivity index (χ2v) is 7.05. The lowest BCUT2D eigenvalue weighted by atomic mass is 9.94. The molecule has 5 N–H and O–H groups in total. The molecule has 0 amide bonds. The van der Waals surface area contributed by atoms with Crippen LogP contribution in [0.4, 0.5) is 0 Å². The van der Waals surface area contributed by atoms with Gasteiger partial charge in [-0.05, 0) is 25.2 Å². The maximum atomic E-state index is 12.6. The molecule has 8 heteroatoms. The Morgan fingerprint density at radius 2 is 2.00 bits per heavy atom. The van der Waals surface area contributed by atoms with E-state index in [4.69, 9.17) is 9.15 Å². The van der Waals surface area contributed by atoms with Gasteiger partial charge in [0.1, 0.15) is 28.4 Å². The number of aromatic hydroxyl groups is 2. The molecule has 1 fully saturated rings. The molecule has 1 saturated heterocycles. The molecule has 3 rings (SSSR count). The summed E-state index contributed by atoms with van der Waals surface area (Å²) in [7, 11) is 0. The fraction of sp³-hybridized carbons (Fsp3) is 0.318. The van der Waals surface area contributed by atoms with Gasteiger partial charge in [0.15, 0.2) is 11.0 Å². The predicted octanol–water partition coefficient (Wildman–Crippen LogP) is 2.81. The van der Waals surface area contributed by atoms with Crippen molar-refractivity contribution in [3.05, 3.63) is 63.7 Å². The topological polar surface area (TPSA) is 141 Å². The van der Waals surface area contributed by atoms with E-state index in [1.807, 2.05) is 0 Å². The minimum absolute atomic E-state index is 0.00695. The van der Waals surface area contributed by atoms with E-state index in [9.17, 15) is 30.3 Å². The summed E-state index contributed by atoms with van der Waals surface area (Å²) in [5, 5.41) is 49.7. The Bertz CT molecular complexity index is 1060. The first-order valence-electron chi connectivity index (χ1n) is 9.51. The third-order valence-electron chi connectivity index (χ3n) is 4.79. The Morgan fingerprint density at radius 1 is 1.23 bits per heavy atom. The molecular weight excluding hydrogens is 392 g/mol. The van der Waals surface area contributed by atoms with Gasteiger partial charge in [-0.25, -0.2) is 0 Å². The maximum absolute atomic E-state index is 12.6. The molecule has 0 saturated carbocycles. The van der Waals surface area contributed by atoms with E-state index in [1.54, 1.807) is 13.0 Å². The summed E-state index contributed by atoms with van der Waals surface area (Å²) < 4.78 is 11.5. The van der Waals surface area contributed by atoms with Gasteiger partial charge >= 0.3 is 0 Å². The highest BCUT2D eigenvalue weighted by Gasteiger charge is 2.33. The summed E-state index contributed by atoms with van der Waals surface area (Å²) >= 11 is 0. The number of allylic oxidation sites excluding steroid dienone is 4. The third kappa shape index (κ3) is 4.56. The van der Waals surface area contributed by atoms with Crippen molar-refractivity contribution in [1.29, 1.82) is 0 Å². The van der Waals surface area contributed by atoms with Crippen LogP contribution in [0.1, 0.15) is 37.2 Å². The van der Waals surface area contributed by atoms with Crippen LogP contribution < -0.4 is 5.43 Å². The Morgan fingerprint density at radius 3 is 2.70 bits per heavy atom. The van der Waals surface area contributed by atoms with Crippen molar-refractivity contribution >= 4 is 17.0 Å². The molecule has 2 aromatic rings. The molecule has 3 unspecified atom stereocenters. The number of phenolic OH excluding ortho intramolecular Hbond substituents is 2. The summed E-state index contributed by atoms with van der Waals surface area (Å²) in [6.45, 7) is 1.44. The Hall–Kier alpha value is -3.07. The van der Waals surface area contributed by atoms with Crippen LogP contribution in [0.3, 0.4) is 0 Å². The van der Waals surface area contributed by atoms with Gasteiger partial charge in [-0.2, -0.15) is 0 Å². The highest BCUT2D eigenvalue weighted by molar-refractivity contribution is 5.88. The van der Waals surface area contributed by atoms with Crippen molar-refractivity contribution in [1.82, 2.24) is 0 Å². The molecular formula is C22H24O8. The summed E-state index contributed by atoms with van der Waals surface area (Å²) in [4.78, 5) is 12.6. The molecule has 0 aliphatic carbocycles. The summed E-state index contributed by atoms with van der Waals surface area (Å²) in [6, 6.07) is 2.20. The lowest BCUT2D eigenvalue weighted by Crippen LogP contribution is -2.33. The van der Waals surface area contributed by atoms with Gasteiger partial charge in [-0.1, -0.05) is 12.2 Å². The average Bonchev–Trinajstić information content (AvgIpc) is 2.67. The number of fused-ring (bicyclic) bond motifs is 1. The van der Waals surface area contributed by atoms with E-state index in [1.165, 1.54) is 30.4 Å². The smallest absolute Gasteiger partial charge is 0.197 e. The van der Waals surface area contributed by atoms with Crippen molar-refractivity contribution in [2.24, 2.45) is 0 Å². The molecule has 0 radical (unpaired) electrons.